The zero-order valence-corrected chi connectivity index (χ0v) is 12.6. The van der Waals surface area contributed by atoms with Gasteiger partial charge in [-0.05, 0) is 50.0 Å². The van der Waals surface area contributed by atoms with Crippen LogP contribution in [0.1, 0.15) is 60.9 Å². The van der Waals surface area contributed by atoms with Crippen LogP contribution in [0.4, 0.5) is 0 Å². The van der Waals surface area contributed by atoms with Crippen molar-refractivity contribution in [3.63, 3.8) is 0 Å². The summed E-state index contributed by atoms with van der Waals surface area (Å²) < 4.78 is 6.14. The van der Waals surface area contributed by atoms with Crippen LogP contribution in [0.5, 0.6) is 0 Å². The van der Waals surface area contributed by atoms with E-state index >= 15 is 0 Å². The van der Waals surface area contributed by atoms with Gasteiger partial charge in [0.2, 0.25) is 0 Å². The number of hydrogen-bond donors (Lipinski definition) is 0. The molecule has 0 N–H and O–H groups in total. The monoisotopic (exact) mass is 284 g/mol. The van der Waals surface area contributed by atoms with Crippen LogP contribution < -0.4 is 0 Å². The number of Topliss-reactive ketones (excluding diaryl/α,β-unsaturated/α-hetero) is 1. The van der Waals surface area contributed by atoms with Gasteiger partial charge in [-0.15, -0.1) is 0 Å². The number of rotatable bonds is 1. The molecule has 0 radical (unpaired) electrons. The van der Waals surface area contributed by atoms with E-state index in [0.717, 1.165) is 37.9 Å². The van der Waals surface area contributed by atoms with E-state index in [9.17, 15) is 4.79 Å². The molecule has 1 aromatic rings. The first kappa shape index (κ1) is 13.5. The molecule has 1 heterocycles. The van der Waals surface area contributed by atoms with Gasteiger partial charge in [-0.25, -0.2) is 0 Å². The highest BCUT2D eigenvalue weighted by molar-refractivity contribution is 6.00. The largest absolute Gasteiger partial charge is 0.375 e. The zero-order chi connectivity index (χ0) is 14.3. The van der Waals surface area contributed by atoms with Gasteiger partial charge in [0.1, 0.15) is 0 Å². The topological polar surface area (TPSA) is 26.3 Å². The lowest BCUT2D eigenvalue weighted by Crippen LogP contribution is -2.42. The molecule has 1 spiro atoms. The molecule has 1 saturated heterocycles. The van der Waals surface area contributed by atoms with Crippen molar-refractivity contribution in [1.29, 1.82) is 0 Å². The van der Waals surface area contributed by atoms with E-state index in [-0.39, 0.29) is 11.5 Å². The van der Waals surface area contributed by atoms with E-state index in [1.54, 1.807) is 0 Å². The molecular formula is C19H24O2. The maximum absolute atomic E-state index is 12.9. The summed E-state index contributed by atoms with van der Waals surface area (Å²) in [6.45, 7) is 0.857. The molecule has 0 amide bonds. The predicted octanol–water partition coefficient (Wildman–Crippen LogP) is 4.17. The van der Waals surface area contributed by atoms with E-state index < -0.39 is 0 Å². The fraction of sp³-hybridized carbons (Fsp3) is 0.632. The summed E-state index contributed by atoms with van der Waals surface area (Å²) in [7, 11) is 0. The Bertz CT molecular complexity index is 542. The number of ketones is 1. The number of benzene rings is 1. The molecule has 2 aliphatic carbocycles. The van der Waals surface area contributed by atoms with E-state index in [2.05, 4.69) is 12.1 Å². The molecule has 2 unspecified atom stereocenters. The Labute approximate surface area is 126 Å². The van der Waals surface area contributed by atoms with Crippen molar-refractivity contribution in [2.75, 3.05) is 6.61 Å². The van der Waals surface area contributed by atoms with Crippen LogP contribution in [-0.4, -0.2) is 18.0 Å². The van der Waals surface area contributed by atoms with Crippen molar-refractivity contribution in [2.45, 2.75) is 57.0 Å². The molecule has 2 nitrogen and oxygen atoms in total. The van der Waals surface area contributed by atoms with Crippen LogP contribution in [0.3, 0.4) is 0 Å². The van der Waals surface area contributed by atoms with Crippen molar-refractivity contribution in [3.8, 4) is 0 Å². The molecule has 1 aromatic carbocycles. The molecule has 2 atom stereocenters. The quantitative estimate of drug-likeness (QED) is 0.773. The Kier molecular flexibility index (Phi) is 3.37. The van der Waals surface area contributed by atoms with Gasteiger partial charge < -0.3 is 4.74 Å². The Morgan fingerprint density at radius 1 is 1.10 bits per heavy atom. The summed E-state index contributed by atoms with van der Waals surface area (Å²) in [5, 5.41) is 0. The van der Waals surface area contributed by atoms with Crippen LogP contribution in [0.15, 0.2) is 24.3 Å². The second kappa shape index (κ2) is 5.24. The smallest absolute Gasteiger partial charge is 0.166 e. The average Bonchev–Trinajstić information content (AvgIpc) is 2.96. The maximum atomic E-state index is 12.9. The minimum atomic E-state index is 0.125. The lowest BCUT2D eigenvalue weighted by atomic mass is 9.70. The van der Waals surface area contributed by atoms with E-state index in [4.69, 9.17) is 4.74 Å². The van der Waals surface area contributed by atoms with Crippen LogP contribution in [0, 0.1) is 11.8 Å². The lowest BCUT2D eigenvalue weighted by Gasteiger charge is -2.42. The summed E-state index contributed by atoms with van der Waals surface area (Å²) in [4.78, 5) is 12.9. The normalized spacial score (nSPS) is 31.3. The molecule has 21 heavy (non-hydrogen) atoms. The van der Waals surface area contributed by atoms with Crippen LogP contribution in [-0.2, 0) is 11.2 Å². The SMILES string of the molecule is O=C1c2ccccc2CCC1C1CCOC2(CCCC2)C1. The predicted molar refractivity (Wildman–Crippen MR) is 82.5 cm³/mol. The fourth-order valence-corrected chi connectivity index (χ4v) is 4.85. The molecule has 0 aromatic heterocycles. The standard InChI is InChI=1S/C19H24O2/c20-18-16-6-2-1-5-14(16)7-8-17(18)15-9-12-21-19(13-15)10-3-4-11-19/h1-2,5-6,15,17H,3-4,7-13H2. The third kappa shape index (κ3) is 2.34. The number of hydrogen-bond acceptors (Lipinski definition) is 2. The molecular weight excluding hydrogens is 260 g/mol. The fourth-order valence-electron chi connectivity index (χ4n) is 4.85. The van der Waals surface area contributed by atoms with Gasteiger partial charge in [0.15, 0.2) is 5.78 Å². The van der Waals surface area contributed by atoms with Gasteiger partial charge in [0.05, 0.1) is 5.60 Å². The summed E-state index contributed by atoms with van der Waals surface area (Å²) in [6, 6.07) is 8.19. The minimum absolute atomic E-state index is 0.125. The zero-order valence-electron chi connectivity index (χ0n) is 12.6. The number of aryl methyl sites for hydroxylation is 1. The highest BCUT2D eigenvalue weighted by Gasteiger charge is 2.44. The molecule has 1 saturated carbocycles. The second-order valence-corrected chi connectivity index (χ2v) is 7.16. The van der Waals surface area contributed by atoms with Crippen LogP contribution in [0.2, 0.25) is 0 Å². The van der Waals surface area contributed by atoms with Crippen molar-refractivity contribution in [2.24, 2.45) is 11.8 Å². The number of fused-ring (bicyclic) bond motifs is 1. The molecule has 3 aliphatic rings. The highest BCUT2D eigenvalue weighted by Crippen LogP contribution is 2.46. The van der Waals surface area contributed by atoms with Gasteiger partial charge in [0.25, 0.3) is 0 Å². The van der Waals surface area contributed by atoms with Gasteiger partial charge in [0, 0.05) is 18.1 Å². The van der Waals surface area contributed by atoms with Gasteiger partial charge in [-0.2, -0.15) is 0 Å². The molecule has 112 valence electrons. The van der Waals surface area contributed by atoms with Crippen molar-refractivity contribution in [3.05, 3.63) is 35.4 Å². The van der Waals surface area contributed by atoms with E-state index in [1.807, 2.05) is 12.1 Å². The third-order valence-electron chi connectivity index (χ3n) is 5.96. The highest BCUT2D eigenvalue weighted by atomic mass is 16.5. The van der Waals surface area contributed by atoms with Crippen molar-refractivity contribution < 1.29 is 9.53 Å². The summed E-state index contributed by atoms with van der Waals surface area (Å²) >= 11 is 0. The minimum Gasteiger partial charge on any atom is -0.375 e. The van der Waals surface area contributed by atoms with Gasteiger partial charge in [-0.3, -0.25) is 4.79 Å². The molecule has 1 aliphatic heterocycles. The van der Waals surface area contributed by atoms with E-state index in [1.165, 1.54) is 31.2 Å². The number of carbonyl (C=O) groups excluding carboxylic acids is 1. The lowest BCUT2D eigenvalue weighted by molar-refractivity contribution is -0.0995. The number of carbonyl (C=O) groups is 1. The Morgan fingerprint density at radius 2 is 1.90 bits per heavy atom. The first-order valence-corrected chi connectivity index (χ1v) is 8.54. The molecule has 4 rings (SSSR count). The van der Waals surface area contributed by atoms with Crippen LogP contribution in [0.25, 0.3) is 0 Å². The Hall–Kier alpha value is -1.15. The maximum Gasteiger partial charge on any atom is 0.166 e. The van der Waals surface area contributed by atoms with Crippen molar-refractivity contribution in [1.82, 2.24) is 0 Å². The summed E-state index contributed by atoms with van der Waals surface area (Å²) in [5.41, 5.74) is 2.36. The summed E-state index contributed by atoms with van der Waals surface area (Å²) in [6.07, 6.45) is 9.31. The summed E-state index contributed by atoms with van der Waals surface area (Å²) in [5.74, 6) is 1.18. The van der Waals surface area contributed by atoms with Crippen LogP contribution >= 0.6 is 0 Å². The third-order valence-corrected chi connectivity index (χ3v) is 5.96. The first-order valence-electron chi connectivity index (χ1n) is 8.54. The molecule has 2 heteroatoms. The molecule has 0 bridgehead atoms. The number of ether oxygens (including phenoxy) is 1. The van der Waals surface area contributed by atoms with Gasteiger partial charge in [-0.1, -0.05) is 37.1 Å². The average molecular weight is 284 g/mol. The second-order valence-electron chi connectivity index (χ2n) is 7.16. The molecule has 2 fully saturated rings. The van der Waals surface area contributed by atoms with E-state index in [0.29, 0.717) is 11.7 Å². The Morgan fingerprint density at radius 3 is 2.76 bits per heavy atom. The van der Waals surface area contributed by atoms with Crippen molar-refractivity contribution >= 4 is 5.78 Å². The van der Waals surface area contributed by atoms with Gasteiger partial charge >= 0.3 is 0 Å². The first-order chi connectivity index (χ1) is 10.3. The Balaban J connectivity index is 1.56.